The standard InChI is InChI=1S/C12H21N5O/c1-11(2,3)10-14-8(6-9(15-10)17-13)16-12(7-18)4-5-12/h6,18H,4-5,7,13H2,1-3H3,(H2,14,15,16,17). The van der Waals surface area contributed by atoms with E-state index in [2.05, 4.69) is 20.7 Å². The van der Waals surface area contributed by atoms with Gasteiger partial charge in [-0.25, -0.2) is 15.8 Å². The first-order valence-electron chi connectivity index (χ1n) is 6.14. The highest BCUT2D eigenvalue weighted by Gasteiger charge is 2.42. The van der Waals surface area contributed by atoms with Gasteiger partial charge in [0, 0.05) is 11.5 Å². The molecule has 0 aliphatic heterocycles. The van der Waals surface area contributed by atoms with E-state index < -0.39 is 0 Å². The summed E-state index contributed by atoms with van der Waals surface area (Å²) < 4.78 is 0. The van der Waals surface area contributed by atoms with E-state index in [1.165, 1.54) is 0 Å². The largest absolute Gasteiger partial charge is 0.394 e. The first kappa shape index (κ1) is 13.0. The van der Waals surface area contributed by atoms with Crippen LogP contribution < -0.4 is 16.6 Å². The third kappa shape index (κ3) is 2.70. The van der Waals surface area contributed by atoms with Gasteiger partial charge in [0.25, 0.3) is 0 Å². The molecule has 0 saturated heterocycles. The first-order valence-corrected chi connectivity index (χ1v) is 6.14. The molecule has 100 valence electrons. The van der Waals surface area contributed by atoms with Crippen LogP contribution in [0.4, 0.5) is 11.6 Å². The quantitative estimate of drug-likeness (QED) is 0.471. The molecule has 0 unspecified atom stereocenters. The minimum atomic E-state index is -0.199. The van der Waals surface area contributed by atoms with Gasteiger partial charge in [0.1, 0.15) is 17.5 Å². The van der Waals surface area contributed by atoms with Gasteiger partial charge in [-0.3, -0.25) is 0 Å². The fourth-order valence-corrected chi connectivity index (χ4v) is 1.67. The molecule has 6 heteroatoms. The number of aromatic nitrogens is 2. The Bertz CT molecular complexity index is 437. The second-order valence-corrected chi connectivity index (χ2v) is 5.92. The zero-order valence-corrected chi connectivity index (χ0v) is 11.1. The summed E-state index contributed by atoms with van der Waals surface area (Å²) in [5.41, 5.74) is 2.20. The lowest BCUT2D eigenvalue weighted by molar-refractivity contribution is 0.266. The Morgan fingerprint density at radius 2 is 1.94 bits per heavy atom. The summed E-state index contributed by atoms with van der Waals surface area (Å²) in [6.45, 7) is 6.26. The SMILES string of the molecule is CC(C)(C)c1nc(NN)cc(NC2(CO)CC2)n1. The topological polar surface area (TPSA) is 96.1 Å². The van der Waals surface area contributed by atoms with Crippen LogP contribution in [0, 0.1) is 0 Å². The zero-order valence-electron chi connectivity index (χ0n) is 11.1. The molecule has 0 spiro atoms. The number of hydrogen-bond donors (Lipinski definition) is 4. The van der Waals surface area contributed by atoms with E-state index in [-0.39, 0.29) is 17.6 Å². The number of nitrogens with two attached hydrogens (primary N) is 1. The number of rotatable bonds is 4. The van der Waals surface area contributed by atoms with Gasteiger partial charge >= 0.3 is 0 Å². The number of aliphatic hydroxyl groups excluding tert-OH is 1. The van der Waals surface area contributed by atoms with E-state index in [4.69, 9.17) is 5.84 Å². The molecule has 18 heavy (non-hydrogen) atoms. The summed E-state index contributed by atoms with van der Waals surface area (Å²) >= 11 is 0. The van der Waals surface area contributed by atoms with Crippen molar-refractivity contribution in [2.75, 3.05) is 17.3 Å². The van der Waals surface area contributed by atoms with Crippen molar-refractivity contribution in [3.8, 4) is 0 Å². The van der Waals surface area contributed by atoms with Gasteiger partial charge in [-0.1, -0.05) is 20.8 Å². The summed E-state index contributed by atoms with van der Waals surface area (Å²) in [6, 6.07) is 1.75. The second-order valence-electron chi connectivity index (χ2n) is 5.92. The maximum absolute atomic E-state index is 9.33. The zero-order chi connectivity index (χ0) is 13.4. The molecule has 0 amide bonds. The average Bonchev–Trinajstić information content (AvgIpc) is 3.08. The smallest absolute Gasteiger partial charge is 0.145 e. The molecule has 5 N–H and O–H groups in total. The van der Waals surface area contributed by atoms with Crippen molar-refractivity contribution in [1.29, 1.82) is 0 Å². The Balaban J connectivity index is 2.29. The summed E-state index contributed by atoms with van der Waals surface area (Å²) in [4.78, 5) is 8.85. The van der Waals surface area contributed by atoms with Crippen molar-refractivity contribution in [2.24, 2.45) is 5.84 Å². The molecule has 1 aliphatic rings. The van der Waals surface area contributed by atoms with E-state index in [0.717, 1.165) is 12.8 Å². The maximum Gasteiger partial charge on any atom is 0.145 e. The predicted molar refractivity (Wildman–Crippen MR) is 71.2 cm³/mol. The lowest BCUT2D eigenvalue weighted by atomic mass is 9.96. The Labute approximate surface area is 107 Å². The Morgan fingerprint density at radius 1 is 1.33 bits per heavy atom. The maximum atomic E-state index is 9.33. The normalized spacial score (nSPS) is 17.4. The van der Waals surface area contributed by atoms with E-state index in [0.29, 0.717) is 17.5 Å². The highest BCUT2D eigenvalue weighted by molar-refractivity contribution is 5.50. The summed E-state index contributed by atoms with van der Waals surface area (Å²) in [5.74, 6) is 7.42. The molecular weight excluding hydrogens is 230 g/mol. The second kappa shape index (κ2) is 4.37. The number of aliphatic hydroxyl groups is 1. The van der Waals surface area contributed by atoms with Crippen LogP contribution in [0.25, 0.3) is 0 Å². The highest BCUT2D eigenvalue weighted by atomic mass is 16.3. The third-order valence-corrected chi connectivity index (χ3v) is 3.09. The number of hydrogen-bond acceptors (Lipinski definition) is 6. The molecule has 1 aromatic rings. The van der Waals surface area contributed by atoms with E-state index in [9.17, 15) is 5.11 Å². The van der Waals surface area contributed by atoms with Crippen molar-refractivity contribution >= 4 is 11.6 Å². The van der Waals surface area contributed by atoms with Crippen molar-refractivity contribution in [2.45, 2.75) is 44.6 Å². The van der Waals surface area contributed by atoms with E-state index in [1.54, 1.807) is 6.07 Å². The number of nitrogens with one attached hydrogen (secondary N) is 2. The van der Waals surface area contributed by atoms with Crippen molar-refractivity contribution in [3.05, 3.63) is 11.9 Å². The van der Waals surface area contributed by atoms with Crippen LogP contribution in [-0.2, 0) is 5.41 Å². The molecule has 0 bridgehead atoms. The first-order chi connectivity index (χ1) is 8.38. The van der Waals surface area contributed by atoms with Crippen molar-refractivity contribution in [3.63, 3.8) is 0 Å². The fraction of sp³-hybridized carbons (Fsp3) is 0.667. The fourth-order valence-electron chi connectivity index (χ4n) is 1.67. The molecule has 2 rings (SSSR count). The summed E-state index contributed by atoms with van der Waals surface area (Å²) in [5, 5.41) is 12.6. The lowest BCUT2D eigenvalue weighted by Crippen LogP contribution is -2.27. The van der Waals surface area contributed by atoms with E-state index in [1.807, 2.05) is 20.8 Å². The predicted octanol–water partition coefficient (Wildman–Crippen LogP) is 0.996. The van der Waals surface area contributed by atoms with Crippen molar-refractivity contribution in [1.82, 2.24) is 9.97 Å². The molecule has 1 fully saturated rings. The van der Waals surface area contributed by atoms with Crippen LogP contribution in [0.1, 0.15) is 39.4 Å². The Hall–Kier alpha value is -1.40. The lowest BCUT2D eigenvalue weighted by Gasteiger charge is -2.21. The molecule has 0 aromatic carbocycles. The van der Waals surface area contributed by atoms with Crippen LogP contribution in [0.3, 0.4) is 0 Å². The number of hydrazine groups is 1. The van der Waals surface area contributed by atoms with Gasteiger partial charge in [-0.2, -0.15) is 0 Å². The van der Waals surface area contributed by atoms with Gasteiger partial charge in [0.2, 0.25) is 0 Å². The Morgan fingerprint density at radius 3 is 2.39 bits per heavy atom. The van der Waals surface area contributed by atoms with Crippen LogP contribution in [-0.4, -0.2) is 27.2 Å². The molecule has 1 heterocycles. The molecule has 1 aliphatic carbocycles. The van der Waals surface area contributed by atoms with Gasteiger partial charge in [-0.15, -0.1) is 0 Å². The van der Waals surface area contributed by atoms with Gasteiger partial charge in [0.05, 0.1) is 12.1 Å². The summed E-state index contributed by atoms with van der Waals surface area (Å²) in [6.07, 6.45) is 1.92. The molecule has 1 saturated carbocycles. The van der Waals surface area contributed by atoms with E-state index >= 15 is 0 Å². The average molecular weight is 251 g/mol. The van der Waals surface area contributed by atoms with Gasteiger partial charge in [-0.05, 0) is 12.8 Å². The number of nitrogen functional groups attached to an aromatic ring is 1. The Kier molecular flexibility index (Phi) is 3.16. The van der Waals surface area contributed by atoms with Crippen LogP contribution >= 0.6 is 0 Å². The molecule has 0 radical (unpaired) electrons. The third-order valence-electron chi connectivity index (χ3n) is 3.09. The minimum Gasteiger partial charge on any atom is -0.394 e. The van der Waals surface area contributed by atoms with Gasteiger partial charge < -0.3 is 15.8 Å². The minimum absolute atomic E-state index is 0.118. The molecule has 1 aromatic heterocycles. The molecular formula is C12H21N5O. The molecule has 0 atom stereocenters. The summed E-state index contributed by atoms with van der Waals surface area (Å²) in [7, 11) is 0. The highest BCUT2D eigenvalue weighted by Crippen LogP contribution is 2.38. The molecule has 6 nitrogen and oxygen atoms in total. The van der Waals surface area contributed by atoms with Gasteiger partial charge in [0.15, 0.2) is 0 Å². The van der Waals surface area contributed by atoms with Crippen molar-refractivity contribution < 1.29 is 5.11 Å². The monoisotopic (exact) mass is 251 g/mol. The number of anilines is 2. The number of nitrogens with zero attached hydrogens (tertiary/aromatic N) is 2. The van der Waals surface area contributed by atoms with Crippen LogP contribution in [0.5, 0.6) is 0 Å². The van der Waals surface area contributed by atoms with Crippen LogP contribution in [0.15, 0.2) is 6.07 Å². The van der Waals surface area contributed by atoms with Crippen LogP contribution in [0.2, 0.25) is 0 Å².